The first-order valence-corrected chi connectivity index (χ1v) is 7.32. The van der Waals surface area contributed by atoms with Gasteiger partial charge >= 0.3 is 0 Å². The highest BCUT2D eigenvalue weighted by atomic mass is 35.5. The molecule has 0 saturated heterocycles. The molecule has 110 valence electrons. The smallest absolute Gasteiger partial charge is 0.105 e. The summed E-state index contributed by atoms with van der Waals surface area (Å²) >= 11 is 6.35. The maximum Gasteiger partial charge on any atom is 0.105 e. The van der Waals surface area contributed by atoms with E-state index in [2.05, 4.69) is 30.3 Å². The molecule has 20 heavy (non-hydrogen) atoms. The van der Waals surface area contributed by atoms with E-state index in [0.29, 0.717) is 6.54 Å². The second-order valence-electron chi connectivity index (χ2n) is 5.16. The molecule has 5 heteroatoms. The Morgan fingerprint density at radius 1 is 1.45 bits per heavy atom. The fourth-order valence-corrected chi connectivity index (χ4v) is 2.81. The van der Waals surface area contributed by atoms with E-state index in [1.807, 2.05) is 25.6 Å². The van der Waals surface area contributed by atoms with Gasteiger partial charge in [-0.05, 0) is 33.3 Å². The van der Waals surface area contributed by atoms with Crippen LogP contribution in [0.1, 0.15) is 48.4 Å². The first kappa shape index (κ1) is 15.1. The second kappa shape index (κ2) is 6.02. The largest absolute Gasteiger partial charge is 0.466 e. The Hall–Kier alpha value is -1.26. The first-order valence-electron chi connectivity index (χ1n) is 6.94. The fourth-order valence-electron chi connectivity index (χ4n) is 2.45. The van der Waals surface area contributed by atoms with Crippen LogP contribution in [-0.4, -0.2) is 9.78 Å². The molecule has 0 amide bonds. The van der Waals surface area contributed by atoms with Crippen LogP contribution in [0, 0.1) is 13.8 Å². The van der Waals surface area contributed by atoms with Gasteiger partial charge in [0.25, 0.3) is 0 Å². The van der Waals surface area contributed by atoms with E-state index in [-0.39, 0.29) is 6.04 Å². The average molecular weight is 296 g/mol. The van der Waals surface area contributed by atoms with Gasteiger partial charge in [-0.3, -0.25) is 4.68 Å². The van der Waals surface area contributed by atoms with Crippen LogP contribution in [0.25, 0.3) is 0 Å². The van der Waals surface area contributed by atoms with Crippen LogP contribution in [0.2, 0.25) is 5.02 Å². The Kier molecular flexibility index (Phi) is 4.55. The van der Waals surface area contributed by atoms with E-state index in [0.717, 1.165) is 34.4 Å². The number of aryl methyl sites for hydroxylation is 4. The molecule has 2 heterocycles. The SMILES string of the molecule is CCc1nn(C)c(CNC(C)c2cc(C)oc2C)c1Cl. The molecule has 1 atom stereocenters. The van der Waals surface area contributed by atoms with Crippen LogP contribution in [0.5, 0.6) is 0 Å². The zero-order valence-electron chi connectivity index (χ0n) is 12.7. The molecule has 0 aliphatic carbocycles. The topological polar surface area (TPSA) is 43.0 Å². The van der Waals surface area contributed by atoms with Crippen molar-refractivity contribution in [1.29, 1.82) is 0 Å². The van der Waals surface area contributed by atoms with Crippen molar-refractivity contribution in [3.8, 4) is 0 Å². The number of hydrogen-bond donors (Lipinski definition) is 1. The number of hydrogen-bond acceptors (Lipinski definition) is 3. The molecule has 1 N–H and O–H groups in total. The minimum absolute atomic E-state index is 0.212. The quantitative estimate of drug-likeness (QED) is 0.914. The Bertz CT molecular complexity index is 601. The van der Waals surface area contributed by atoms with Crippen molar-refractivity contribution in [3.05, 3.63) is 39.6 Å². The molecule has 1 unspecified atom stereocenters. The van der Waals surface area contributed by atoms with Gasteiger partial charge in [0.2, 0.25) is 0 Å². The number of halogens is 1. The van der Waals surface area contributed by atoms with Crippen LogP contribution in [0.4, 0.5) is 0 Å². The molecule has 0 aromatic carbocycles. The highest BCUT2D eigenvalue weighted by molar-refractivity contribution is 6.31. The van der Waals surface area contributed by atoms with Gasteiger partial charge in [-0.25, -0.2) is 0 Å². The van der Waals surface area contributed by atoms with Crippen LogP contribution < -0.4 is 5.32 Å². The highest BCUT2D eigenvalue weighted by Crippen LogP contribution is 2.24. The van der Waals surface area contributed by atoms with Gasteiger partial charge in [0.1, 0.15) is 11.5 Å². The molecule has 0 aliphatic rings. The standard InChI is InChI=1S/C15H22ClN3O/c1-6-13-15(16)14(19(5)18-13)8-17-10(3)12-7-9(2)20-11(12)4/h7,10,17H,6,8H2,1-5H3. The summed E-state index contributed by atoms with van der Waals surface area (Å²) in [6.45, 7) is 8.84. The third kappa shape index (κ3) is 2.91. The van der Waals surface area contributed by atoms with Crippen molar-refractivity contribution in [2.75, 3.05) is 0 Å². The number of rotatable bonds is 5. The minimum Gasteiger partial charge on any atom is -0.466 e. The lowest BCUT2D eigenvalue weighted by molar-refractivity contribution is 0.487. The minimum atomic E-state index is 0.212. The monoisotopic (exact) mass is 295 g/mol. The van der Waals surface area contributed by atoms with Gasteiger partial charge in [0.15, 0.2) is 0 Å². The number of nitrogens with one attached hydrogen (secondary N) is 1. The second-order valence-corrected chi connectivity index (χ2v) is 5.53. The van der Waals surface area contributed by atoms with Crippen LogP contribution >= 0.6 is 11.6 Å². The van der Waals surface area contributed by atoms with Gasteiger partial charge < -0.3 is 9.73 Å². The Labute approximate surface area is 125 Å². The van der Waals surface area contributed by atoms with E-state index in [1.54, 1.807) is 0 Å². The van der Waals surface area contributed by atoms with Crippen LogP contribution in [-0.2, 0) is 20.0 Å². The third-order valence-electron chi connectivity index (χ3n) is 3.62. The van der Waals surface area contributed by atoms with E-state index in [9.17, 15) is 0 Å². The van der Waals surface area contributed by atoms with E-state index < -0.39 is 0 Å². The van der Waals surface area contributed by atoms with Crippen LogP contribution in [0.15, 0.2) is 10.5 Å². The molecule has 0 spiro atoms. The maximum atomic E-state index is 6.35. The number of furan rings is 1. The zero-order valence-corrected chi connectivity index (χ0v) is 13.5. The summed E-state index contributed by atoms with van der Waals surface area (Å²) < 4.78 is 7.43. The summed E-state index contributed by atoms with van der Waals surface area (Å²) in [7, 11) is 1.93. The maximum absolute atomic E-state index is 6.35. The molecule has 0 radical (unpaired) electrons. The van der Waals surface area contributed by atoms with Crippen molar-refractivity contribution in [2.24, 2.45) is 7.05 Å². The lowest BCUT2D eigenvalue weighted by Crippen LogP contribution is -2.20. The molecule has 0 aliphatic heterocycles. The summed E-state index contributed by atoms with van der Waals surface area (Å²) in [4.78, 5) is 0. The van der Waals surface area contributed by atoms with E-state index in [1.165, 1.54) is 5.56 Å². The van der Waals surface area contributed by atoms with Crippen molar-refractivity contribution in [2.45, 2.75) is 46.7 Å². The normalized spacial score (nSPS) is 12.9. The summed E-state index contributed by atoms with van der Waals surface area (Å²) in [5, 5.41) is 8.68. The average Bonchev–Trinajstić information content (AvgIpc) is 2.87. The summed E-state index contributed by atoms with van der Waals surface area (Å²) in [6, 6.07) is 2.29. The zero-order chi connectivity index (χ0) is 14.9. The third-order valence-corrected chi connectivity index (χ3v) is 4.06. The van der Waals surface area contributed by atoms with Crippen LogP contribution in [0.3, 0.4) is 0 Å². The highest BCUT2D eigenvalue weighted by Gasteiger charge is 2.16. The Morgan fingerprint density at radius 3 is 2.65 bits per heavy atom. The predicted molar refractivity (Wildman–Crippen MR) is 81.0 cm³/mol. The number of nitrogens with zero attached hydrogens (tertiary/aromatic N) is 2. The van der Waals surface area contributed by atoms with Crippen molar-refractivity contribution in [1.82, 2.24) is 15.1 Å². The van der Waals surface area contributed by atoms with Gasteiger partial charge in [0, 0.05) is 25.2 Å². The fraction of sp³-hybridized carbons (Fsp3) is 0.533. The van der Waals surface area contributed by atoms with Gasteiger partial charge in [-0.15, -0.1) is 0 Å². The molecular weight excluding hydrogens is 274 g/mol. The molecule has 2 rings (SSSR count). The Balaban J connectivity index is 2.09. The molecule has 2 aromatic heterocycles. The number of aromatic nitrogens is 2. The summed E-state index contributed by atoms with van der Waals surface area (Å²) in [5.41, 5.74) is 3.17. The lowest BCUT2D eigenvalue weighted by atomic mass is 10.1. The summed E-state index contributed by atoms with van der Waals surface area (Å²) in [6.07, 6.45) is 0.849. The first-order chi connectivity index (χ1) is 9.43. The van der Waals surface area contributed by atoms with E-state index >= 15 is 0 Å². The molecule has 0 bridgehead atoms. The van der Waals surface area contributed by atoms with Crippen molar-refractivity contribution >= 4 is 11.6 Å². The van der Waals surface area contributed by atoms with Gasteiger partial charge in [-0.1, -0.05) is 18.5 Å². The molecule has 0 fully saturated rings. The Morgan fingerprint density at radius 2 is 2.15 bits per heavy atom. The van der Waals surface area contributed by atoms with Crippen molar-refractivity contribution < 1.29 is 4.42 Å². The van der Waals surface area contributed by atoms with Gasteiger partial charge in [-0.2, -0.15) is 5.10 Å². The van der Waals surface area contributed by atoms with Gasteiger partial charge in [0.05, 0.1) is 16.4 Å². The van der Waals surface area contributed by atoms with E-state index in [4.69, 9.17) is 16.0 Å². The molecular formula is C15H22ClN3O. The molecule has 2 aromatic rings. The summed E-state index contributed by atoms with van der Waals surface area (Å²) in [5.74, 6) is 1.91. The van der Waals surface area contributed by atoms with Crippen molar-refractivity contribution in [3.63, 3.8) is 0 Å². The molecule has 4 nitrogen and oxygen atoms in total. The lowest BCUT2D eigenvalue weighted by Gasteiger charge is -2.13. The molecule has 0 saturated carbocycles. The predicted octanol–water partition coefficient (Wildman–Crippen LogP) is 3.70.